The van der Waals surface area contributed by atoms with E-state index in [4.69, 9.17) is 4.74 Å². The van der Waals surface area contributed by atoms with Crippen LogP contribution in [0.15, 0.2) is 42.6 Å². The van der Waals surface area contributed by atoms with Crippen LogP contribution in [-0.2, 0) is 0 Å². The first-order chi connectivity index (χ1) is 13.2. The molecule has 0 amide bonds. The Labute approximate surface area is 158 Å². The molecule has 7 heteroatoms. The van der Waals surface area contributed by atoms with Crippen molar-refractivity contribution < 1.29 is 9.84 Å². The van der Waals surface area contributed by atoms with E-state index in [-0.39, 0.29) is 5.75 Å². The van der Waals surface area contributed by atoms with Crippen LogP contribution in [0.3, 0.4) is 0 Å². The summed E-state index contributed by atoms with van der Waals surface area (Å²) in [5.74, 6) is 0.805. The van der Waals surface area contributed by atoms with Gasteiger partial charge in [-0.05, 0) is 31.7 Å². The minimum absolute atomic E-state index is 0.221. The molecule has 2 aromatic heterocycles. The van der Waals surface area contributed by atoms with Crippen molar-refractivity contribution in [2.24, 2.45) is 0 Å². The van der Waals surface area contributed by atoms with E-state index in [2.05, 4.69) is 26.9 Å². The van der Waals surface area contributed by atoms with Crippen molar-refractivity contribution in [1.29, 1.82) is 0 Å². The third-order valence-corrected chi connectivity index (χ3v) is 4.94. The lowest BCUT2D eigenvalue weighted by Gasteiger charge is -2.32. The van der Waals surface area contributed by atoms with E-state index in [0.717, 1.165) is 56.0 Å². The number of hydrogen-bond acceptors (Lipinski definition) is 6. The maximum Gasteiger partial charge on any atom is 0.231 e. The van der Waals surface area contributed by atoms with Gasteiger partial charge in [-0.1, -0.05) is 12.1 Å². The predicted octanol–water partition coefficient (Wildman–Crippen LogP) is 2.12. The zero-order valence-electron chi connectivity index (χ0n) is 15.6. The van der Waals surface area contributed by atoms with Crippen LogP contribution in [0, 0.1) is 0 Å². The van der Waals surface area contributed by atoms with Gasteiger partial charge in [0.1, 0.15) is 5.75 Å². The highest BCUT2D eigenvalue weighted by molar-refractivity contribution is 5.64. The standard InChI is InChI=1S/C20H25N5O2/c1-23-9-11-24(12-10-23)8-3-13-27-20-7-6-19-21-15-18(25(19)22-20)16-4-2-5-17(26)14-16/h2,4-7,14-15,26H,3,8-13H2,1H3. The van der Waals surface area contributed by atoms with E-state index >= 15 is 0 Å². The molecule has 1 aliphatic rings. The summed E-state index contributed by atoms with van der Waals surface area (Å²) < 4.78 is 7.62. The van der Waals surface area contributed by atoms with Crippen LogP contribution < -0.4 is 4.74 Å². The first kappa shape index (κ1) is 17.8. The third-order valence-electron chi connectivity index (χ3n) is 4.94. The van der Waals surface area contributed by atoms with Gasteiger partial charge in [0.05, 0.1) is 18.5 Å². The van der Waals surface area contributed by atoms with Gasteiger partial charge in [0.2, 0.25) is 5.88 Å². The Kier molecular flexibility index (Phi) is 5.22. The van der Waals surface area contributed by atoms with Crippen molar-refractivity contribution in [1.82, 2.24) is 24.4 Å². The molecule has 1 N–H and O–H groups in total. The number of ether oxygens (including phenoxy) is 1. The van der Waals surface area contributed by atoms with Gasteiger partial charge in [-0.3, -0.25) is 0 Å². The molecule has 0 aliphatic carbocycles. The van der Waals surface area contributed by atoms with Gasteiger partial charge in [-0.2, -0.15) is 0 Å². The summed E-state index contributed by atoms with van der Waals surface area (Å²) in [6, 6.07) is 10.8. The lowest BCUT2D eigenvalue weighted by Crippen LogP contribution is -2.44. The number of imidazole rings is 1. The fourth-order valence-electron chi connectivity index (χ4n) is 3.33. The number of aromatic nitrogens is 3. The Hall–Kier alpha value is -2.64. The minimum atomic E-state index is 0.221. The highest BCUT2D eigenvalue weighted by Crippen LogP contribution is 2.24. The first-order valence-electron chi connectivity index (χ1n) is 9.37. The highest BCUT2D eigenvalue weighted by atomic mass is 16.5. The normalized spacial score (nSPS) is 16.0. The molecule has 3 heterocycles. The maximum absolute atomic E-state index is 9.72. The van der Waals surface area contributed by atoms with E-state index < -0.39 is 0 Å². The number of phenols is 1. The number of benzene rings is 1. The molecule has 3 aromatic rings. The number of hydrogen-bond donors (Lipinski definition) is 1. The van der Waals surface area contributed by atoms with E-state index in [1.807, 2.05) is 24.3 Å². The monoisotopic (exact) mass is 367 g/mol. The van der Waals surface area contributed by atoms with Crippen molar-refractivity contribution >= 4 is 5.65 Å². The maximum atomic E-state index is 9.72. The quantitative estimate of drug-likeness (QED) is 0.673. The predicted molar refractivity (Wildman–Crippen MR) is 104 cm³/mol. The average Bonchev–Trinajstić information content (AvgIpc) is 3.10. The second kappa shape index (κ2) is 7.94. The Bertz CT molecular complexity index is 902. The molecule has 4 rings (SSSR count). The van der Waals surface area contributed by atoms with E-state index in [1.165, 1.54) is 0 Å². The molecular weight excluding hydrogens is 342 g/mol. The number of rotatable bonds is 6. The Balaban J connectivity index is 1.39. The van der Waals surface area contributed by atoms with Gasteiger partial charge >= 0.3 is 0 Å². The van der Waals surface area contributed by atoms with Crippen molar-refractivity contribution in [3.05, 3.63) is 42.6 Å². The molecule has 27 heavy (non-hydrogen) atoms. The molecule has 1 saturated heterocycles. The fraction of sp³-hybridized carbons (Fsp3) is 0.400. The van der Waals surface area contributed by atoms with Gasteiger partial charge in [0, 0.05) is 44.4 Å². The average molecular weight is 367 g/mol. The third kappa shape index (κ3) is 4.20. The molecule has 0 unspecified atom stereocenters. The van der Waals surface area contributed by atoms with Crippen LogP contribution >= 0.6 is 0 Å². The van der Waals surface area contributed by atoms with Crippen LogP contribution in [0.25, 0.3) is 16.9 Å². The van der Waals surface area contributed by atoms with Crippen LogP contribution in [0.2, 0.25) is 0 Å². The number of fused-ring (bicyclic) bond motifs is 1. The summed E-state index contributed by atoms with van der Waals surface area (Å²) in [4.78, 5) is 9.23. The zero-order valence-corrected chi connectivity index (χ0v) is 15.6. The molecule has 0 spiro atoms. The van der Waals surface area contributed by atoms with Gasteiger partial charge in [-0.25, -0.2) is 9.50 Å². The Morgan fingerprint density at radius 1 is 1.11 bits per heavy atom. The smallest absolute Gasteiger partial charge is 0.231 e. The number of aromatic hydroxyl groups is 1. The van der Waals surface area contributed by atoms with Gasteiger partial charge in [0.25, 0.3) is 0 Å². The van der Waals surface area contributed by atoms with E-state index in [1.54, 1.807) is 22.8 Å². The van der Waals surface area contributed by atoms with Crippen LogP contribution in [0.5, 0.6) is 11.6 Å². The van der Waals surface area contributed by atoms with Crippen molar-refractivity contribution in [3.63, 3.8) is 0 Å². The molecule has 1 fully saturated rings. The highest BCUT2D eigenvalue weighted by Gasteiger charge is 2.13. The molecule has 142 valence electrons. The van der Waals surface area contributed by atoms with Gasteiger partial charge in [0.15, 0.2) is 5.65 Å². The molecule has 1 aliphatic heterocycles. The summed E-state index contributed by atoms with van der Waals surface area (Å²) >= 11 is 0. The lowest BCUT2D eigenvalue weighted by molar-refractivity contribution is 0.145. The summed E-state index contributed by atoms with van der Waals surface area (Å²) in [6.45, 7) is 6.22. The fourth-order valence-corrected chi connectivity index (χ4v) is 3.33. The van der Waals surface area contributed by atoms with Crippen LogP contribution in [0.1, 0.15) is 6.42 Å². The minimum Gasteiger partial charge on any atom is -0.508 e. The largest absolute Gasteiger partial charge is 0.508 e. The number of piperazine rings is 1. The summed E-state index contributed by atoms with van der Waals surface area (Å²) in [5.41, 5.74) is 2.43. The number of nitrogens with zero attached hydrogens (tertiary/aromatic N) is 5. The second-order valence-corrected chi connectivity index (χ2v) is 6.98. The van der Waals surface area contributed by atoms with Crippen molar-refractivity contribution in [3.8, 4) is 22.9 Å². The van der Waals surface area contributed by atoms with Crippen molar-refractivity contribution in [2.75, 3.05) is 46.4 Å². The topological polar surface area (TPSA) is 66.1 Å². The number of likely N-dealkylation sites (N-methyl/N-ethyl adjacent to an activating group) is 1. The lowest BCUT2D eigenvalue weighted by atomic mass is 10.1. The second-order valence-electron chi connectivity index (χ2n) is 6.98. The summed E-state index contributed by atoms with van der Waals surface area (Å²) in [6.07, 6.45) is 2.74. The zero-order chi connectivity index (χ0) is 18.6. The Morgan fingerprint density at radius 2 is 1.96 bits per heavy atom. The summed E-state index contributed by atoms with van der Waals surface area (Å²) in [5, 5.41) is 14.3. The molecule has 7 nitrogen and oxygen atoms in total. The van der Waals surface area contributed by atoms with Gasteiger partial charge < -0.3 is 19.6 Å². The Morgan fingerprint density at radius 3 is 2.78 bits per heavy atom. The van der Waals surface area contributed by atoms with Crippen LogP contribution in [-0.4, -0.2) is 75.9 Å². The van der Waals surface area contributed by atoms with Crippen molar-refractivity contribution in [2.45, 2.75) is 6.42 Å². The molecule has 0 radical (unpaired) electrons. The van der Waals surface area contributed by atoms with E-state index in [0.29, 0.717) is 12.5 Å². The molecule has 1 aromatic carbocycles. The molecular formula is C20H25N5O2. The SMILES string of the molecule is CN1CCN(CCCOc2ccc3ncc(-c4cccc(O)c4)n3n2)CC1. The number of phenolic OH excluding ortho intramolecular Hbond substituents is 1. The molecule has 0 atom stereocenters. The summed E-state index contributed by atoms with van der Waals surface area (Å²) in [7, 11) is 2.17. The van der Waals surface area contributed by atoms with Crippen LogP contribution in [0.4, 0.5) is 0 Å². The van der Waals surface area contributed by atoms with E-state index in [9.17, 15) is 5.11 Å². The van der Waals surface area contributed by atoms with Gasteiger partial charge in [-0.15, -0.1) is 5.10 Å². The molecule has 0 bridgehead atoms. The first-order valence-corrected chi connectivity index (χ1v) is 9.37. The molecule has 0 saturated carbocycles.